The second-order valence-electron chi connectivity index (χ2n) is 9.85. The van der Waals surface area contributed by atoms with Gasteiger partial charge in [0.1, 0.15) is 11.6 Å². The van der Waals surface area contributed by atoms with Crippen molar-refractivity contribution in [3.05, 3.63) is 89.5 Å². The van der Waals surface area contributed by atoms with Gasteiger partial charge in [0.2, 0.25) is 5.89 Å². The Labute approximate surface area is 225 Å². The number of alkyl halides is 2. The van der Waals surface area contributed by atoms with Crippen molar-refractivity contribution >= 4 is 23.0 Å². The highest BCUT2D eigenvalue weighted by Gasteiger charge is 2.36. The number of esters is 1. The average molecular weight is 534 g/mol. The summed E-state index contributed by atoms with van der Waals surface area (Å²) in [6, 6.07) is 19.8. The van der Waals surface area contributed by atoms with E-state index in [-0.39, 0.29) is 29.4 Å². The van der Waals surface area contributed by atoms with Crippen molar-refractivity contribution in [3.8, 4) is 11.5 Å². The lowest BCUT2D eigenvalue weighted by molar-refractivity contribution is -0.148. The normalized spacial score (nSPS) is 17.3. The molecule has 39 heavy (non-hydrogen) atoms. The van der Waals surface area contributed by atoms with Crippen LogP contribution in [0.15, 0.2) is 77.2 Å². The number of nitrogens with zero attached hydrogens (tertiary/aromatic N) is 3. The maximum Gasteiger partial charge on any atom is 0.327 e. The van der Waals surface area contributed by atoms with Crippen LogP contribution in [0.4, 0.5) is 8.78 Å². The predicted octanol–water partition coefficient (Wildman–Crippen LogP) is 5.67. The molecule has 9 heteroatoms. The third kappa shape index (κ3) is 5.40. The molecule has 4 aromatic rings. The molecule has 202 valence electrons. The Hall–Kier alpha value is -4.11. The van der Waals surface area contributed by atoms with Crippen LogP contribution in [0, 0.1) is 0 Å². The summed E-state index contributed by atoms with van der Waals surface area (Å²) in [6.45, 7) is 4.22. The second-order valence-corrected chi connectivity index (χ2v) is 9.85. The van der Waals surface area contributed by atoms with Crippen molar-refractivity contribution < 1.29 is 27.5 Å². The van der Waals surface area contributed by atoms with Crippen LogP contribution in [0.5, 0.6) is 0 Å². The molecule has 3 aromatic carbocycles. The Morgan fingerprint density at radius 3 is 2.51 bits per heavy atom. The standard InChI is InChI=1S/C30H29F2N3O4/c1-19-18-34(26(29(37)38-3)20-8-5-4-6-9-20)14-15-35(19)28(36)22-11-7-10-21(16-22)27-33-24-17-23(30(2,31)32)12-13-25(24)39-27/h4-13,16-17,19,26H,14-15,18H2,1-3H3/t19-,26-/m0/s1. The second kappa shape index (κ2) is 10.6. The molecule has 1 amide bonds. The number of aromatic nitrogens is 1. The maximum atomic E-state index is 13.7. The minimum atomic E-state index is -2.99. The molecule has 0 N–H and O–H groups in total. The molecule has 1 fully saturated rings. The van der Waals surface area contributed by atoms with Crippen molar-refractivity contribution in [2.24, 2.45) is 0 Å². The molecule has 1 aliphatic heterocycles. The molecule has 0 bridgehead atoms. The van der Waals surface area contributed by atoms with Gasteiger partial charge in [-0.15, -0.1) is 0 Å². The van der Waals surface area contributed by atoms with E-state index in [9.17, 15) is 18.4 Å². The molecule has 0 aliphatic carbocycles. The minimum absolute atomic E-state index is 0.145. The smallest absolute Gasteiger partial charge is 0.327 e. The fourth-order valence-corrected chi connectivity index (χ4v) is 5.04. The van der Waals surface area contributed by atoms with E-state index in [0.717, 1.165) is 12.5 Å². The van der Waals surface area contributed by atoms with Crippen molar-refractivity contribution in [2.45, 2.75) is 31.9 Å². The van der Waals surface area contributed by atoms with E-state index < -0.39 is 12.0 Å². The maximum absolute atomic E-state index is 13.7. The number of ether oxygens (including phenoxy) is 1. The van der Waals surface area contributed by atoms with Gasteiger partial charge in [0.05, 0.1) is 7.11 Å². The lowest BCUT2D eigenvalue weighted by Gasteiger charge is -2.42. The highest BCUT2D eigenvalue weighted by molar-refractivity contribution is 5.95. The molecule has 1 saturated heterocycles. The highest BCUT2D eigenvalue weighted by atomic mass is 19.3. The van der Waals surface area contributed by atoms with Crippen LogP contribution in [0.1, 0.15) is 41.4 Å². The Kier molecular flexibility index (Phi) is 7.18. The fourth-order valence-electron chi connectivity index (χ4n) is 5.04. The summed E-state index contributed by atoms with van der Waals surface area (Å²) in [5.74, 6) is -3.23. The molecular formula is C30H29F2N3O4. The SMILES string of the molecule is COC(=O)[C@H](c1ccccc1)N1CCN(C(=O)c2cccc(-c3nc4cc(C(C)(F)F)ccc4o3)c2)[C@@H](C)C1. The number of amides is 1. The van der Waals surface area contributed by atoms with Crippen LogP contribution in [0.3, 0.4) is 0 Å². The highest BCUT2D eigenvalue weighted by Crippen LogP contribution is 2.32. The Bertz CT molecular complexity index is 1500. The zero-order valence-corrected chi connectivity index (χ0v) is 21.9. The lowest BCUT2D eigenvalue weighted by atomic mass is 10.0. The van der Waals surface area contributed by atoms with Gasteiger partial charge in [0, 0.05) is 49.3 Å². The van der Waals surface area contributed by atoms with E-state index in [1.165, 1.54) is 25.3 Å². The van der Waals surface area contributed by atoms with Gasteiger partial charge in [-0.25, -0.2) is 18.6 Å². The quantitative estimate of drug-likeness (QED) is 0.298. The van der Waals surface area contributed by atoms with Crippen LogP contribution in [-0.4, -0.2) is 59.4 Å². The van der Waals surface area contributed by atoms with E-state index in [0.29, 0.717) is 41.9 Å². The van der Waals surface area contributed by atoms with Crippen molar-refractivity contribution in [1.82, 2.24) is 14.8 Å². The first-order valence-corrected chi connectivity index (χ1v) is 12.7. The summed E-state index contributed by atoms with van der Waals surface area (Å²) in [6.07, 6.45) is 0. The van der Waals surface area contributed by atoms with Gasteiger partial charge in [-0.1, -0.05) is 36.4 Å². The number of hydrogen-bond donors (Lipinski definition) is 0. The average Bonchev–Trinajstić information content (AvgIpc) is 3.37. The fraction of sp³-hybridized carbons (Fsp3) is 0.300. The van der Waals surface area contributed by atoms with E-state index in [4.69, 9.17) is 9.15 Å². The van der Waals surface area contributed by atoms with Gasteiger partial charge in [0.15, 0.2) is 5.58 Å². The molecule has 0 unspecified atom stereocenters. The Balaban J connectivity index is 1.34. The lowest BCUT2D eigenvalue weighted by Crippen LogP contribution is -2.55. The molecule has 5 rings (SSSR count). The monoisotopic (exact) mass is 533 g/mol. The molecule has 2 atom stereocenters. The summed E-state index contributed by atoms with van der Waals surface area (Å²) in [7, 11) is 1.38. The van der Waals surface area contributed by atoms with Gasteiger partial charge < -0.3 is 14.1 Å². The van der Waals surface area contributed by atoms with Gasteiger partial charge in [-0.05, 0) is 48.9 Å². The van der Waals surface area contributed by atoms with Crippen molar-refractivity contribution in [3.63, 3.8) is 0 Å². The summed E-state index contributed by atoms with van der Waals surface area (Å²) in [4.78, 5) is 34.4. The third-order valence-corrected chi connectivity index (χ3v) is 7.08. The first-order chi connectivity index (χ1) is 18.7. The number of carbonyl (C=O) groups is 2. The Morgan fingerprint density at radius 1 is 1.05 bits per heavy atom. The van der Waals surface area contributed by atoms with Crippen LogP contribution in [0.25, 0.3) is 22.6 Å². The zero-order chi connectivity index (χ0) is 27.7. The number of rotatable bonds is 6. The molecule has 2 heterocycles. The molecular weight excluding hydrogens is 504 g/mol. The summed E-state index contributed by atoms with van der Waals surface area (Å²) in [5.41, 5.74) is 2.44. The molecule has 1 aliphatic rings. The summed E-state index contributed by atoms with van der Waals surface area (Å²) >= 11 is 0. The number of hydrogen-bond acceptors (Lipinski definition) is 6. The van der Waals surface area contributed by atoms with Crippen LogP contribution >= 0.6 is 0 Å². The largest absolute Gasteiger partial charge is 0.468 e. The van der Waals surface area contributed by atoms with Gasteiger partial charge in [0.25, 0.3) is 11.8 Å². The van der Waals surface area contributed by atoms with E-state index in [1.54, 1.807) is 29.2 Å². The number of oxazole rings is 1. The van der Waals surface area contributed by atoms with Gasteiger partial charge in [-0.3, -0.25) is 9.69 Å². The third-order valence-electron chi connectivity index (χ3n) is 7.08. The zero-order valence-electron chi connectivity index (χ0n) is 21.9. The number of methoxy groups -OCH3 is 1. The van der Waals surface area contributed by atoms with E-state index in [1.807, 2.05) is 42.2 Å². The molecule has 7 nitrogen and oxygen atoms in total. The number of piperazine rings is 1. The molecule has 0 radical (unpaired) electrons. The molecule has 0 saturated carbocycles. The first kappa shape index (κ1) is 26.5. The topological polar surface area (TPSA) is 75.9 Å². The predicted molar refractivity (Wildman–Crippen MR) is 142 cm³/mol. The van der Waals surface area contributed by atoms with Crippen molar-refractivity contribution in [1.29, 1.82) is 0 Å². The number of fused-ring (bicyclic) bond motifs is 1. The number of carbonyl (C=O) groups excluding carboxylic acids is 2. The van der Waals surface area contributed by atoms with Crippen LogP contribution in [0.2, 0.25) is 0 Å². The van der Waals surface area contributed by atoms with E-state index in [2.05, 4.69) is 4.98 Å². The first-order valence-electron chi connectivity index (χ1n) is 12.7. The number of halogens is 2. The Morgan fingerprint density at radius 2 is 1.82 bits per heavy atom. The van der Waals surface area contributed by atoms with Crippen molar-refractivity contribution in [2.75, 3.05) is 26.7 Å². The summed E-state index contributed by atoms with van der Waals surface area (Å²) < 4.78 is 38.4. The molecule has 0 spiro atoms. The van der Waals surface area contributed by atoms with Gasteiger partial charge in [-0.2, -0.15) is 0 Å². The molecule has 1 aromatic heterocycles. The summed E-state index contributed by atoms with van der Waals surface area (Å²) in [5, 5.41) is 0. The van der Waals surface area contributed by atoms with Crippen LogP contribution in [-0.2, 0) is 15.5 Å². The number of benzene rings is 3. The van der Waals surface area contributed by atoms with E-state index >= 15 is 0 Å². The van der Waals surface area contributed by atoms with Crippen LogP contribution < -0.4 is 0 Å². The minimum Gasteiger partial charge on any atom is -0.468 e. The van der Waals surface area contributed by atoms with Gasteiger partial charge >= 0.3 is 5.97 Å².